The molecule has 4 heteroatoms. The summed E-state index contributed by atoms with van der Waals surface area (Å²) in [7, 11) is 0. The molecule has 1 aromatic heterocycles. The summed E-state index contributed by atoms with van der Waals surface area (Å²) in [5, 5.41) is 12.0. The van der Waals surface area contributed by atoms with Gasteiger partial charge in [0.25, 0.3) is 0 Å². The van der Waals surface area contributed by atoms with Crippen LogP contribution in [-0.4, -0.2) is 22.2 Å². The van der Waals surface area contributed by atoms with Crippen molar-refractivity contribution in [3.05, 3.63) is 16.6 Å². The fourth-order valence-corrected chi connectivity index (χ4v) is 3.06. The lowest BCUT2D eigenvalue weighted by molar-refractivity contribution is 0.131. The average Bonchev–Trinajstić information content (AvgIpc) is 2.90. The van der Waals surface area contributed by atoms with Crippen LogP contribution in [0, 0.1) is 5.92 Å². The summed E-state index contributed by atoms with van der Waals surface area (Å²) in [6.07, 6.45) is 6.36. The molecule has 0 radical (unpaired) electrons. The molecule has 0 aliphatic heterocycles. The van der Waals surface area contributed by atoms with Gasteiger partial charge in [0.1, 0.15) is 0 Å². The third-order valence-corrected chi connectivity index (χ3v) is 4.11. The molecule has 3 N–H and O–H groups in total. The molecule has 2 rings (SSSR count). The Morgan fingerprint density at radius 1 is 1.50 bits per heavy atom. The molecular weight excluding hydrogens is 220 g/mol. The molecule has 1 aromatic rings. The lowest BCUT2D eigenvalue weighted by Gasteiger charge is -2.21. The van der Waals surface area contributed by atoms with Gasteiger partial charge in [0.15, 0.2) is 0 Å². The lowest BCUT2D eigenvalue weighted by atomic mass is 9.94. The van der Waals surface area contributed by atoms with E-state index in [-0.39, 0.29) is 6.04 Å². The second-order valence-corrected chi connectivity index (χ2v) is 5.52. The minimum absolute atomic E-state index is 0.0928. The van der Waals surface area contributed by atoms with Crippen LogP contribution in [0.1, 0.15) is 37.8 Å². The molecule has 0 spiro atoms. The third kappa shape index (κ3) is 3.27. The number of hydrogen-bond donors (Lipinski definition) is 2. The largest absolute Gasteiger partial charge is 0.391 e. The van der Waals surface area contributed by atoms with Crippen molar-refractivity contribution < 1.29 is 5.11 Å². The van der Waals surface area contributed by atoms with Gasteiger partial charge in [-0.05, 0) is 12.3 Å². The predicted octanol–water partition coefficient (Wildman–Crippen LogP) is 1.95. The van der Waals surface area contributed by atoms with E-state index in [4.69, 9.17) is 5.73 Å². The fraction of sp³-hybridized carbons (Fsp3) is 0.750. The van der Waals surface area contributed by atoms with Crippen molar-refractivity contribution in [1.82, 2.24) is 4.98 Å². The molecule has 2 atom stereocenters. The van der Waals surface area contributed by atoms with Crippen molar-refractivity contribution in [2.45, 2.75) is 50.7 Å². The van der Waals surface area contributed by atoms with Crippen LogP contribution in [0.3, 0.4) is 0 Å². The number of aliphatic hydroxyl groups excluding tert-OH is 1. The van der Waals surface area contributed by atoms with Crippen LogP contribution < -0.4 is 5.73 Å². The number of aliphatic hydroxyl groups is 1. The average molecular weight is 240 g/mol. The minimum atomic E-state index is -0.442. The van der Waals surface area contributed by atoms with Crippen molar-refractivity contribution >= 4 is 11.3 Å². The zero-order chi connectivity index (χ0) is 11.4. The molecule has 2 unspecified atom stereocenters. The number of hydrogen-bond acceptors (Lipinski definition) is 4. The van der Waals surface area contributed by atoms with E-state index in [0.29, 0.717) is 6.42 Å². The van der Waals surface area contributed by atoms with Gasteiger partial charge in [-0.3, -0.25) is 0 Å². The van der Waals surface area contributed by atoms with E-state index in [2.05, 4.69) is 4.98 Å². The molecule has 1 heterocycles. The summed E-state index contributed by atoms with van der Waals surface area (Å²) >= 11 is 1.56. The molecule has 1 saturated carbocycles. The van der Waals surface area contributed by atoms with E-state index in [1.54, 1.807) is 16.8 Å². The van der Waals surface area contributed by atoms with Crippen LogP contribution in [0.4, 0.5) is 0 Å². The molecule has 3 nitrogen and oxygen atoms in total. The normalized spacial score (nSPS) is 21.1. The molecule has 0 saturated heterocycles. The summed E-state index contributed by atoms with van der Waals surface area (Å²) in [6.45, 7) is 0. The Balaban J connectivity index is 1.77. The third-order valence-electron chi connectivity index (χ3n) is 3.48. The first-order valence-electron chi connectivity index (χ1n) is 6.06. The molecule has 1 aliphatic rings. The molecule has 0 aromatic carbocycles. The number of aromatic nitrogens is 1. The van der Waals surface area contributed by atoms with Crippen LogP contribution in [0.2, 0.25) is 0 Å². The van der Waals surface area contributed by atoms with Crippen LogP contribution >= 0.6 is 11.3 Å². The Morgan fingerprint density at radius 3 is 2.88 bits per heavy atom. The number of nitrogens with zero attached hydrogens (tertiary/aromatic N) is 1. The highest BCUT2D eigenvalue weighted by atomic mass is 32.1. The standard InChI is InChI=1S/C12H20N2OS/c13-11(5-9-3-1-2-4-9)12(15)6-10-7-16-8-14-10/h7-9,11-12,15H,1-6,13H2. The molecule has 1 aliphatic carbocycles. The second-order valence-electron chi connectivity index (χ2n) is 4.80. The van der Waals surface area contributed by atoms with Crippen molar-refractivity contribution in [1.29, 1.82) is 0 Å². The first kappa shape index (κ1) is 12.0. The quantitative estimate of drug-likeness (QED) is 0.827. The highest BCUT2D eigenvalue weighted by Crippen LogP contribution is 2.28. The molecular formula is C12H20N2OS. The molecule has 0 amide bonds. The van der Waals surface area contributed by atoms with Gasteiger partial charge in [-0.15, -0.1) is 11.3 Å². The van der Waals surface area contributed by atoms with Gasteiger partial charge in [0.05, 0.1) is 17.3 Å². The SMILES string of the molecule is NC(CC1CCCC1)C(O)Cc1cscn1. The van der Waals surface area contributed by atoms with Crippen molar-refractivity contribution in [2.75, 3.05) is 0 Å². The topological polar surface area (TPSA) is 59.1 Å². The zero-order valence-corrected chi connectivity index (χ0v) is 10.3. The fourth-order valence-electron chi connectivity index (χ4n) is 2.49. The van der Waals surface area contributed by atoms with Crippen LogP contribution in [0.5, 0.6) is 0 Å². The Labute approximate surface area is 101 Å². The van der Waals surface area contributed by atoms with E-state index in [9.17, 15) is 5.11 Å². The van der Waals surface area contributed by atoms with Crippen LogP contribution in [-0.2, 0) is 6.42 Å². The maximum absolute atomic E-state index is 9.99. The minimum Gasteiger partial charge on any atom is -0.391 e. The van der Waals surface area contributed by atoms with Gasteiger partial charge in [0.2, 0.25) is 0 Å². The lowest BCUT2D eigenvalue weighted by Crippen LogP contribution is -2.37. The van der Waals surface area contributed by atoms with E-state index in [0.717, 1.165) is 18.0 Å². The first-order chi connectivity index (χ1) is 7.75. The van der Waals surface area contributed by atoms with Crippen molar-refractivity contribution in [3.63, 3.8) is 0 Å². The van der Waals surface area contributed by atoms with Gasteiger partial charge in [0, 0.05) is 17.8 Å². The van der Waals surface area contributed by atoms with E-state index >= 15 is 0 Å². The maximum Gasteiger partial charge on any atom is 0.0794 e. The number of nitrogens with two attached hydrogens (primary N) is 1. The Kier molecular flexibility index (Phi) is 4.32. The van der Waals surface area contributed by atoms with Crippen LogP contribution in [0.25, 0.3) is 0 Å². The predicted molar refractivity (Wildman–Crippen MR) is 66.4 cm³/mol. The first-order valence-corrected chi connectivity index (χ1v) is 7.00. The maximum atomic E-state index is 9.99. The molecule has 0 bridgehead atoms. The van der Waals surface area contributed by atoms with Crippen LogP contribution in [0.15, 0.2) is 10.9 Å². The van der Waals surface area contributed by atoms with E-state index in [1.807, 2.05) is 5.38 Å². The summed E-state index contributed by atoms with van der Waals surface area (Å²) in [5.74, 6) is 0.736. The molecule has 1 fully saturated rings. The summed E-state index contributed by atoms with van der Waals surface area (Å²) in [6, 6.07) is -0.0928. The second kappa shape index (κ2) is 5.75. The smallest absolute Gasteiger partial charge is 0.0794 e. The van der Waals surface area contributed by atoms with E-state index < -0.39 is 6.10 Å². The monoisotopic (exact) mass is 240 g/mol. The summed E-state index contributed by atoms with van der Waals surface area (Å²) < 4.78 is 0. The molecule has 90 valence electrons. The Morgan fingerprint density at radius 2 is 2.25 bits per heavy atom. The van der Waals surface area contributed by atoms with E-state index in [1.165, 1.54) is 25.7 Å². The Bertz CT molecular complexity index is 296. The van der Waals surface area contributed by atoms with Gasteiger partial charge in [-0.25, -0.2) is 4.98 Å². The van der Waals surface area contributed by atoms with Gasteiger partial charge in [-0.2, -0.15) is 0 Å². The highest BCUT2D eigenvalue weighted by molar-refractivity contribution is 7.07. The highest BCUT2D eigenvalue weighted by Gasteiger charge is 2.22. The van der Waals surface area contributed by atoms with Crippen molar-refractivity contribution in [3.8, 4) is 0 Å². The summed E-state index contributed by atoms with van der Waals surface area (Å²) in [4.78, 5) is 4.17. The molecule has 16 heavy (non-hydrogen) atoms. The Hall–Kier alpha value is -0.450. The van der Waals surface area contributed by atoms with Gasteiger partial charge < -0.3 is 10.8 Å². The van der Waals surface area contributed by atoms with Crippen molar-refractivity contribution in [2.24, 2.45) is 11.7 Å². The number of rotatable bonds is 5. The zero-order valence-electron chi connectivity index (χ0n) is 9.51. The van der Waals surface area contributed by atoms with Gasteiger partial charge >= 0.3 is 0 Å². The summed E-state index contributed by atoms with van der Waals surface area (Å²) in [5.41, 5.74) is 8.79. The van der Waals surface area contributed by atoms with Gasteiger partial charge in [-0.1, -0.05) is 25.7 Å². The number of thiazole rings is 1.